The maximum atomic E-state index is 12.5. The van der Waals surface area contributed by atoms with E-state index < -0.39 is 36.5 Å². The normalized spacial score (nSPS) is 14.8. The maximum Gasteiger partial charge on any atom is 0.306 e. The summed E-state index contributed by atoms with van der Waals surface area (Å²) in [5, 5.41) is 24.3. The number of carbonyl (C=O) groups excluding carboxylic acids is 2. The quantitative estimate of drug-likeness (QED) is 0.316. The number of carbonyl (C=O) groups is 3. The highest BCUT2D eigenvalue weighted by Crippen LogP contribution is 2.12. The van der Waals surface area contributed by atoms with E-state index in [0.717, 1.165) is 0 Å². The zero-order chi connectivity index (χ0) is 18.7. The van der Waals surface area contributed by atoms with E-state index in [4.69, 9.17) is 5.11 Å². The van der Waals surface area contributed by atoms with Gasteiger partial charge >= 0.3 is 5.97 Å². The number of rotatable bonds is 12. The van der Waals surface area contributed by atoms with Crippen molar-refractivity contribution >= 4 is 17.8 Å². The van der Waals surface area contributed by atoms with Gasteiger partial charge < -0.3 is 26.6 Å². The van der Waals surface area contributed by atoms with Crippen LogP contribution in [0.15, 0.2) is 0 Å². The summed E-state index contributed by atoms with van der Waals surface area (Å²) in [5.74, 6) is -1.59. The first-order valence-corrected chi connectivity index (χ1v) is 8.50. The van der Waals surface area contributed by atoms with Crippen LogP contribution in [0.3, 0.4) is 0 Å². The number of aliphatic hydroxyl groups is 1. The van der Waals surface area contributed by atoms with Gasteiger partial charge in [0, 0.05) is 6.42 Å². The van der Waals surface area contributed by atoms with Crippen molar-refractivity contribution in [2.24, 2.45) is 5.92 Å². The average molecular weight is 346 g/mol. The number of aliphatic hydroxyl groups excluding tert-OH is 1. The van der Waals surface area contributed by atoms with Gasteiger partial charge in [-0.3, -0.25) is 14.4 Å². The molecule has 3 atom stereocenters. The van der Waals surface area contributed by atoms with E-state index in [1.807, 2.05) is 13.8 Å². The number of aliphatic carboxylic acids is 1. The van der Waals surface area contributed by atoms with Crippen molar-refractivity contribution in [1.82, 2.24) is 10.6 Å². The van der Waals surface area contributed by atoms with E-state index in [1.165, 1.54) is 0 Å². The Kier molecular flexibility index (Phi) is 11.0. The van der Waals surface area contributed by atoms with Crippen molar-refractivity contribution in [3.05, 3.63) is 0 Å². The molecule has 0 radical (unpaired) electrons. The number of quaternary nitrogens is 1. The molecule has 0 heterocycles. The van der Waals surface area contributed by atoms with Crippen LogP contribution in [0.25, 0.3) is 0 Å². The fourth-order valence-corrected chi connectivity index (χ4v) is 2.34. The molecule has 0 bridgehead atoms. The summed E-state index contributed by atoms with van der Waals surface area (Å²) in [7, 11) is 0. The van der Waals surface area contributed by atoms with Gasteiger partial charge in [-0.25, -0.2) is 0 Å². The highest BCUT2D eigenvalue weighted by molar-refractivity contribution is 5.87. The lowest BCUT2D eigenvalue weighted by atomic mass is 9.96. The molecule has 0 aromatic carbocycles. The van der Waals surface area contributed by atoms with Crippen molar-refractivity contribution < 1.29 is 30.3 Å². The van der Waals surface area contributed by atoms with E-state index in [-0.39, 0.29) is 18.2 Å². The third-order valence-electron chi connectivity index (χ3n) is 3.62. The summed E-state index contributed by atoms with van der Waals surface area (Å²) >= 11 is 0. The molecule has 140 valence electrons. The third-order valence-corrected chi connectivity index (χ3v) is 3.62. The molecule has 0 aliphatic heterocycles. The standard InChI is InChI=1S/C16H31N3O5/c1-4-14(21)18-11(6-5-7-17)16(24)19-12(8-10(2)3)13(20)9-15(22)23/h10-13,20H,4-9,17H2,1-3H3,(H,18,21)(H,19,24)(H,22,23)/p+1/t11-,12-,13-/m0/s1. The van der Waals surface area contributed by atoms with Crippen molar-refractivity contribution in [1.29, 1.82) is 0 Å². The fraction of sp³-hybridized carbons (Fsp3) is 0.812. The molecule has 7 N–H and O–H groups in total. The van der Waals surface area contributed by atoms with Crippen LogP contribution < -0.4 is 16.4 Å². The Morgan fingerprint density at radius 2 is 1.79 bits per heavy atom. The number of amides is 2. The predicted molar refractivity (Wildman–Crippen MR) is 88.9 cm³/mol. The van der Waals surface area contributed by atoms with Crippen LogP contribution in [0.2, 0.25) is 0 Å². The molecule has 0 rings (SSSR count). The first-order valence-electron chi connectivity index (χ1n) is 8.50. The van der Waals surface area contributed by atoms with Crippen molar-refractivity contribution in [2.75, 3.05) is 6.54 Å². The van der Waals surface area contributed by atoms with Gasteiger partial charge in [0.2, 0.25) is 11.8 Å². The van der Waals surface area contributed by atoms with Gasteiger partial charge in [-0.1, -0.05) is 20.8 Å². The molecule has 2 amide bonds. The molecular weight excluding hydrogens is 314 g/mol. The van der Waals surface area contributed by atoms with Gasteiger partial charge in [-0.2, -0.15) is 0 Å². The summed E-state index contributed by atoms with van der Waals surface area (Å²) in [6, 6.07) is -1.37. The van der Waals surface area contributed by atoms with Crippen LogP contribution >= 0.6 is 0 Å². The lowest BCUT2D eigenvalue weighted by molar-refractivity contribution is -0.368. The number of hydrogen-bond donors (Lipinski definition) is 5. The Bertz CT molecular complexity index is 415. The second-order valence-electron chi connectivity index (χ2n) is 6.38. The molecule has 0 aliphatic rings. The Hall–Kier alpha value is -1.67. The minimum absolute atomic E-state index is 0.169. The smallest absolute Gasteiger partial charge is 0.306 e. The third kappa shape index (κ3) is 9.46. The van der Waals surface area contributed by atoms with Gasteiger partial charge in [0.1, 0.15) is 6.04 Å². The highest BCUT2D eigenvalue weighted by Gasteiger charge is 2.28. The van der Waals surface area contributed by atoms with E-state index in [9.17, 15) is 19.5 Å². The number of carboxylic acid groups (broad SMARTS) is 1. The lowest BCUT2D eigenvalue weighted by Gasteiger charge is -2.27. The van der Waals surface area contributed by atoms with Crippen LogP contribution in [-0.2, 0) is 14.4 Å². The molecule has 8 nitrogen and oxygen atoms in total. The van der Waals surface area contributed by atoms with E-state index in [0.29, 0.717) is 25.8 Å². The topological polar surface area (TPSA) is 143 Å². The van der Waals surface area contributed by atoms with Gasteiger partial charge in [0.15, 0.2) is 0 Å². The highest BCUT2D eigenvalue weighted by atomic mass is 16.4. The van der Waals surface area contributed by atoms with Gasteiger partial charge in [-0.05, 0) is 25.2 Å². The Balaban J connectivity index is 4.98. The molecular formula is C16H32N3O5+. The average Bonchev–Trinajstić information content (AvgIpc) is 2.49. The Labute approximate surface area is 143 Å². The van der Waals surface area contributed by atoms with Crippen molar-refractivity contribution in [2.45, 2.75) is 71.1 Å². The molecule has 0 fully saturated rings. The molecule has 0 aromatic heterocycles. The Morgan fingerprint density at radius 3 is 2.25 bits per heavy atom. The molecule has 0 unspecified atom stereocenters. The van der Waals surface area contributed by atoms with Crippen LogP contribution in [0.4, 0.5) is 0 Å². The monoisotopic (exact) mass is 346 g/mol. The molecule has 0 saturated heterocycles. The summed E-state index contributed by atoms with van der Waals surface area (Å²) in [6.07, 6.45) is 0.223. The predicted octanol–water partition coefficient (Wildman–Crippen LogP) is -0.730. The van der Waals surface area contributed by atoms with E-state index in [1.54, 1.807) is 6.92 Å². The lowest BCUT2D eigenvalue weighted by Crippen LogP contribution is -2.54. The summed E-state index contributed by atoms with van der Waals surface area (Å²) in [6.45, 7) is 6.18. The number of hydrogen-bond acceptors (Lipinski definition) is 4. The largest absolute Gasteiger partial charge is 0.481 e. The molecule has 0 aromatic rings. The maximum absolute atomic E-state index is 12.5. The van der Waals surface area contributed by atoms with E-state index in [2.05, 4.69) is 16.4 Å². The SMILES string of the molecule is CCC(=O)N[C@@H](CCC[NH3+])C(=O)N[C@@H](CC(C)C)[C@@H](O)CC(=O)O. The minimum atomic E-state index is -1.18. The molecule has 24 heavy (non-hydrogen) atoms. The molecule has 0 aliphatic carbocycles. The zero-order valence-electron chi connectivity index (χ0n) is 14.9. The summed E-state index contributed by atoms with van der Waals surface area (Å²) in [5.41, 5.74) is 3.73. The minimum Gasteiger partial charge on any atom is -0.481 e. The summed E-state index contributed by atoms with van der Waals surface area (Å²) in [4.78, 5) is 34.9. The second kappa shape index (κ2) is 11.8. The van der Waals surface area contributed by atoms with Gasteiger partial charge in [-0.15, -0.1) is 0 Å². The van der Waals surface area contributed by atoms with Gasteiger partial charge in [0.25, 0.3) is 0 Å². The first-order chi connectivity index (χ1) is 11.2. The fourth-order valence-electron chi connectivity index (χ4n) is 2.34. The van der Waals surface area contributed by atoms with Crippen molar-refractivity contribution in [3.63, 3.8) is 0 Å². The number of carboxylic acids is 1. The zero-order valence-corrected chi connectivity index (χ0v) is 14.9. The Morgan fingerprint density at radius 1 is 1.17 bits per heavy atom. The van der Waals surface area contributed by atoms with E-state index >= 15 is 0 Å². The van der Waals surface area contributed by atoms with Gasteiger partial charge in [0.05, 0.1) is 25.1 Å². The molecule has 0 spiro atoms. The first kappa shape index (κ1) is 22.3. The molecule has 8 heteroatoms. The summed E-state index contributed by atoms with van der Waals surface area (Å²) < 4.78 is 0. The van der Waals surface area contributed by atoms with Crippen LogP contribution in [0, 0.1) is 5.92 Å². The van der Waals surface area contributed by atoms with Crippen molar-refractivity contribution in [3.8, 4) is 0 Å². The van der Waals surface area contributed by atoms with Crippen LogP contribution in [0.1, 0.15) is 52.9 Å². The van der Waals surface area contributed by atoms with Crippen LogP contribution in [0.5, 0.6) is 0 Å². The molecule has 0 saturated carbocycles. The van der Waals surface area contributed by atoms with Crippen LogP contribution in [-0.4, -0.2) is 52.7 Å². The number of nitrogens with one attached hydrogen (secondary N) is 2. The second-order valence-corrected chi connectivity index (χ2v) is 6.38.